The predicted octanol–water partition coefficient (Wildman–Crippen LogP) is 0.474. The first-order valence-corrected chi connectivity index (χ1v) is 9.37. The van der Waals surface area contributed by atoms with Crippen LogP contribution in [-0.2, 0) is 11.3 Å². The zero-order chi connectivity index (χ0) is 22.1. The molecule has 0 aliphatic heterocycles. The van der Waals surface area contributed by atoms with Crippen LogP contribution in [0.25, 0.3) is 0 Å². The maximum absolute atomic E-state index is 11.9. The van der Waals surface area contributed by atoms with Crippen LogP contribution in [0.4, 0.5) is 5.82 Å². The number of hydrogen-bond acceptors (Lipinski definition) is 9. The number of nitrogens with one attached hydrogen (secondary N) is 3. The van der Waals surface area contributed by atoms with E-state index in [1.807, 2.05) is 32.9 Å². The molecular formula is C19H28N6O5. The van der Waals surface area contributed by atoms with Gasteiger partial charge >= 0.3 is 0 Å². The summed E-state index contributed by atoms with van der Waals surface area (Å²) < 4.78 is 15.3. The number of nitrogens with two attached hydrogens (primary N) is 1. The molecule has 2 rings (SSSR count). The van der Waals surface area contributed by atoms with Crippen LogP contribution in [0.2, 0.25) is 0 Å². The van der Waals surface area contributed by atoms with Gasteiger partial charge in [0.25, 0.3) is 11.8 Å². The van der Waals surface area contributed by atoms with Crippen molar-refractivity contribution in [2.24, 2.45) is 0 Å². The molecule has 1 aromatic carbocycles. The van der Waals surface area contributed by atoms with Gasteiger partial charge in [0.15, 0.2) is 18.1 Å². The second kappa shape index (κ2) is 10.4. The number of carbonyl (C=O) groups is 2. The van der Waals surface area contributed by atoms with Crippen molar-refractivity contribution in [3.63, 3.8) is 0 Å². The Morgan fingerprint density at radius 2 is 1.93 bits per heavy atom. The van der Waals surface area contributed by atoms with E-state index in [4.69, 9.17) is 15.2 Å². The lowest BCUT2D eigenvalue weighted by Crippen LogP contribution is -2.43. The third kappa shape index (κ3) is 7.24. The molecule has 0 spiro atoms. The Morgan fingerprint density at radius 1 is 1.17 bits per heavy atom. The number of nitrogens with zero attached hydrogens (tertiary/aromatic N) is 2. The average molecular weight is 420 g/mol. The van der Waals surface area contributed by atoms with Gasteiger partial charge in [0, 0.05) is 25.2 Å². The monoisotopic (exact) mass is 420 g/mol. The van der Waals surface area contributed by atoms with Crippen molar-refractivity contribution in [1.29, 1.82) is 0 Å². The molecule has 0 unspecified atom stereocenters. The van der Waals surface area contributed by atoms with Crippen LogP contribution in [0.15, 0.2) is 22.8 Å². The van der Waals surface area contributed by atoms with Gasteiger partial charge < -0.3 is 31.2 Å². The molecule has 0 bridgehead atoms. The van der Waals surface area contributed by atoms with Gasteiger partial charge in [-0.05, 0) is 48.8 Å². The Bertz CT molecular complexity index is 861. The third-order valence-corrected chi connectivity index (χ3v) is 3.75. The average Bonchev–Trinajstić information content (AvgIpc) is 3.11. The van der Waals surface area contributed by atoms with Gasteiger partial charge in [-0.15, -0.1) is 0 Å². The summed E-state index contributed by atoms with van der Waals surface area (Å²) in [5.74, 6) is 0.303. The highest BCUT2D eigenvalue weighted by Crippen LogP contribution is 2.28. The summed E-state index contributed by atoms with van der Waals surface area (Å²) in [5, 5.41) is 15.5. The SMILES string of the molecule is COc1cc(CNCCNC(=O)c2nonc2N)ccc1OCC(=O)NC(C)(C)C. The quantitative estimate of drug-likeness (QED) is 0.402. The smallest absolute Gasteiger partial charge is 0.277 e. The first-order valence-electron chi connectivity index (χ1n) is 9.37. The number of carbonyl (C=O) groups excluding carboxylic acids is 2. The summed E-state index contributed by atoms with van der Waals surface area (Å²) in [5.41, 5.74) is 6.06. The van der Waals surface area contributed by atoms with Crippen molar-refractivity contribution in [2.45, 2.75) is 32.9 Å². The van der Waals surface area contributed by atoms with Crippen LogP contribution in [0.1, 0.15) is 36.8 Å². The van der Waals surface area contributed by atoms with Crippen molar-refractivity contribution in [3.8, 4) is 11.5 Å². The second-order valence-electron chi connectivity index (χ2n) is 7.50. The molecule has 0 aliphatic rings. The molecule has 2 amide bonds. The molecule has 0 saturated carbocycles. The van der Waals surface area contributed by atoms with E-state index < -0.39 is 5.91 Å². The first kappa shape index (κ1) is 22.9. The third-order valence-electron chi connectivity index (χ3n) is 3.75. The summed E-state index contributed by atoms with van der Waals surface area (Å²) >= 11 is 0. The highest BCUT2D eigenvalue weighted by atomic mass is 16.6. The maximum Gasteiger partial charge on any atom is 0.277 e. The Labute approximate surface area is 174 Å². The Kier molecular flexibility index (Phi) is 7.98. The summed E-state index contributed by atoms with van der Waals surface area (Å²) in [7, 11) is 1.54. The maximum atomic E-state index is 11.9. The second-order valence-corrected chi connectivity index (χ2v) is 7.50. The Hall–Kier alpha value is -3.34. The van der Waals surface area contributed by atoms with E-state index in [0.29, 0.717) is 31.1 Å². The van der Waals surface area contributed by atoms with Crippen molar-refractivity contribution in [1.82, 2.24) is 26.3 Å². The van der Waals surface area contributed by atoms with Crippen molar-refractivity contribution >= 4 is 17.6 Å². The molecule has 1 aromatic heterocycles. The Morgan fingerprint density at radius 3 is 2.57 bits per heavy atom. The van der Waals surface area contributed by atoms with Gasteiger partial charge in [-0.25, -0.2) is 4.63 Å². The van der Waals surface area contributed by atoms with Gasteiger partial charge in [0.2, 0.25) is 11.5 Å². The molecule has 0 radical (unpaired) electrons. The van der Waals surface area contributed by atoms with Crippen LogP contribution in [-0.4, -0.2) is 54.5 Å². The lowest BCUT2D eigenvalue weighted by atomic mass is 10.1. The molecule has 30 heavy (non-hydrogen) atoms. The number of aromatic nitrogens is 2. The summed E-state index contributed by atoms with van der Waals surface area (Å²) in [4.78, 5) is 23.7. The van der Waals surface area contributed by atoms with Gasteiger partial charge in [0.05, 0.1) is 7.11 Å². The highest BCUT2D eigenvalue weighted by molar-refractivity contribution is 5.95. The number of anilines is 1. The fraction of sp³-hybridized carbons (Fsp3) is 0.474. The zero-order valence-corrected chi connectivity index (χ0v) is 17.6. The van der Waals surface area contributed by atoms with E-state index in [1.54, 1.807) is 6.07 Å². The molecule has 11 nitrogen and oxygen atoms in total. The number of rotatable bonds is 10. The number of ether oxygens (including phenoxy) is 2. The number of hydrogen-bond donors (Lipinski definition) is 4. The minimum Gasteiger partial charge on any atom is -0.493 e. The minimum atomic E-state index is -0.450. The Balaban J connectivity index is 1.77. The first-order chi connectivity index (χ1) is 14.2. The van der Waals surface area contributed by atoms with Gasteiger partial charge in [-0.2, -0.15) is 0 Å². The fourth-order valence-corrected chi connectivity index (χ4v) is 2.47. The van der Waals surface area contributed by atoms with Gasteiger partial charge in [0.1, 0.15) is 0 Å². The van der Waals surface area contributed by atoms with E-state index in [-0.39, 0.29) is 29.6 Å². The molecular weight excluding hydrogens is 392 g/mol. The van der Waals surface area contributed by atoms with E-state index in [9.17, 15) is 9.59 Å². The normalized spacial score (nSPS) is 11.1. The van der Waals surface area contributed by atoms with Crippen LogP contribution in [0.3, 0.4) is 0 Å². The number of methoxy groups -OCH3 is 1. The van der Waals surface area contributed by atoms with Crippen molar-refractivity contribution in [3.05, 3.63) is 29.5 Å². The lowest BCUT2D eigenvalue weighted by molar-refractivity contribution is -0.124. The van der Waals surface area contributed by atoms with E-state index in [0.717, 1.165) is 5.56 Å². The van der Waals surface area contributed by atoms with Crippen molar-refractivity contribution < 1.29 is 23.7 Å². The molecule has 11 heteroatoms. The number of benzene rings is 1. The topological polar surface area (TPSA) is 154 Å². The molecule has 0 aliphatic carbocycles. The largest absolute Gasteiger partial charge is 0.493 e. The standard InChI is InChI=1S/C19H28N6O5/c1-19(2,3)23-15(26)11-29-13-6-5-12(9-14(13)28-4)10-21-7-8-22-18(27)16-17(20)25-30-24-16/h5-6,9,21H,7-8,10-11H2,1-4H3,(H2,20,25)(H,22,27)(H,23,26). The molecule has 164 valence electrons. The van der Waals surface area contributed by atoms with Crippen LogP contribution >= 0.6 is 0 Å². The summed E-state index contributed by atoms with van der Waals surface area (Å²) in [6.07, 6.45) is 0. The summed E-state index contributed by atoms with van der Waals surface area (Å²) in [6.45, 7) is 7.04. The predicted molar refractivity (Wildman–Crippen MR) is 109 cm³/mol. The molecule has 5 N–H and O–H groups in total. The summed E-state index contributed by atoms with van der Waals surface area (Å²) in [6, 6.07) is 5.44. The fourth-order valence-electron chi connectivity index (χ4n) is 2.47. The van der Waals surface area contributed by atoms with E-state index in [2.05, 4.69) is 30.9 Å². The number of amides is 2. The highest BCUT2D eigenvalue weighted by Gasteiger charge is 2.16. The van der Waals surface area contributed by atoms with Gasteiger partial charge in [-0.3, -0.25) is 9.59 Å². The van der Waals surface area contributed by atoms with Crippen LogP contribution < -0.4 is 31.2 Å². The molecule has 0 saturated heterocycles. The number of nitrogen functional groups attached to an aromatic ring is 1. The van der Waals surface area contributed by atoms with Crippen LogP contribution in [0, 0.1) is 0 Å². The molecule has 0 fully saturated rings. The van der Waals surface area contributed by atoms with E-state index in [1.165, 1.54) is 7.11 Å². The van der Waals surface area contributed by atoms with Crippen LogP contribution in [0.5, 0.6) is 11.5 Å². The lowest BCUT2D eigenvalue weighted by Gasteiger charge is -2.20. The zero-order valence-electron chi connectivity index (χ0n) is 17.6. The van der Waals surface area contributed by atoms with Crippen molar-refractivity contribution in [2.75, 3.05) is 32.5 Å². The molecule has 1 heterocycles. The molecule has 2 aromatic rings. The van der Waals surface area contributed by atoms with E-state index >= 15 is 0 Å². The minimum absolute atomic E-state index is 0.0356. The molecule has 0 atom stereocenters. The van der Waals surface area contributed by atoms with Gasteiger partial charge in [-0.1, -0.05) is 6.07 Å².